The first kappa shape index (κ1) is 14.8. The third-order valence-electron chi connectivity index (χ3n) is 3.98. The van der Waals surface area contributed by atoms with Crippen LogP contribution in [0.2, 0.25) is 0 Å². The number of aliphatic hydroxyl groups is 1. The van der Waals surface area contributed by atoms with Crippen LogP contribution in [-0.4, -0.2) is 34.9 Å². The number of hydrogen-bond acceptors (Lipinski definition) is 4. The smallest absolute Gasteiger partial charge is 0.324 e. The molecular formula is C15H21NO4. The van der Waals surface area contributed by atoms with Gasteiger partial charge in [-0.25, -0.2) is 0 Å². The maximum Gasteiger partial charge on any atom is 0.324 e. The van der Waals surface area contributed by atoms with Gasteiger partial charge in [0, 0.05) is 6.42 Å². The van der Waals surface area contributed by atoms with Gasteiger partial charge in [-0.1, -0.05) is 12.1 Å². The van der Waals surface area contributed by atoms with Gasteiger partial charge >= 0.3 is 5.97 Å². The highest BCUT2D eigenvalue weighted by atomic mass is 16.5. The van der Waals surface area contributed by atoms with Crippen molar-refractivity contribution in [2.45, 2.75) is 43.9 Å². The number of ether oxygens (including phenoxy) is 1. The lowest BCUT2D eigenvalue weighted by Crippen LogP contribution is -2.55. The largest absolute Gasteiger partial charge is 0.490 e. The van der Waals surface area contributed by atoms with Crippen molar-refractivity contribution in [2.75, 3.05) is 7.05 Å². The standard InChI is InChI=1S/C15H21NO4/c1-16-15(14(18)19)7-3-6-13(9-15)20-12-5-2-4-11(8-12)10-17/h2,4-5,8,13,16-17H,3,6-7,9-10H2,1H3,(H,18,19). The molecule has 0 spiro atoms. The Hall–Kier alpha value is -1.59. The van der Waals surface area contributed by atoms with E-state index in [0.717, 1.165) is 18.4 Å². The number of hydrogen-bond donors (Lipinski definition) is 3. The Morgan fingerprint density at radius 2 is 2.35 bits per heavy atom. The lowest BCUT2D eigenvalue weighted by atomic mass is 9.80. The van der Waals surface area contributed by atoms with E-state index in [0.29, 0.717) is 18.6 Å². The molecule has 0 bridgehead atoms. The zero-order valence-electron chi connectivity index (χ0n) is 11.6. The van der Waals surface area contributed by atoms with E-state index >= 15 is 0 Å². The van der Waals surface area contributed by atoms with E-state index in [1.54, 1.807) is 13.1 Å². The fraction of sp³-hybridized carbons (Fsp3) is 0.533. The van der Waals surface area contributed by atoms with E-state index in [1.807, 2.05) is 18.2 Å². The van der Waals surface area contributed by atoms with E-state index in [9.17, 15) is 9.90 Å². The molecule has 0 radical (unpaired) electrons. The second-order valence-electron chi connectivity index (χ2n) is 5.28. The molecule has 1 aromatic carbocycles. The van der Waals surface area contributed by atoms with Crippen molar-refractivity contribution < 1.29 is 19.7 Å². The minimum Gasteiger partial charge on any atom is -0.490 e. The predicted molar refractivity (Wildman–Crippen MR) is 74.7 cm³/mol. The van der Waals surface area contributed by atoms with Crippen molar-refractivity contribution in [1.29, 1.82) is 0 Å². The molecule has 2 unspecified atom stereocenters. The van der Waals surface area contributed by atoms with Gasteiger partial charge in [0.05, 0.1) is 6.61 Å². The summed E-state index contributed by atoms with van der Waals surface area (Å²) >= 11 is 0. The Labute approximate surface area is 118 Å². The molecule has 0 aromatic heterocycles. The van der Waals surface area contributed by atoms with Crippen LogP contribution >= 0.6 is 0 Å². The summed E-state index contributed by atoms with van der Waals surface area (Å²) in [5, 5.41) is 21.5. The van der Waals surface area contributed by atoms with Gasteiger partial charge < -0.3 is 20.3 Å². The molecule has 0 saturated heterocycles. The van der Waals surface area contributed by atoms with Crippen LogP contribution in [0.25, 0.3) is 0 Å². The van der Waals surface area contributed by atoms with Crippen molar-refractivity contribution in [3.05, 3.63) is 29.8 Å². The molecule has 0 aliphatic heterocycles. The SMILES string of the molecule is CNC1(C(=O)O)CCCC(Oc2cccc(CO)c2)C1. The summed E-state index contributed by atoms with van der Waals surface area (Å²) in [5.41, 5.74) is -0.103. The normalized spacial score (nSPS) is 26.2. The van der Waals surface area contributed by atoms with Gasteiger partial charge in [-0.3, -0.25) is 4.79 Å². The summed E-state index contributed by atoms with van der Waals surface area (Å²) in [6.45, 7) is -0.0303. The number of carboxylic acid groups (broad SMARTS) is 1. The Kier molecular flexibility index (Phi) is 4.62. The molecule has 5 nitrogen and oxygen atoms in total. The first-order chi connectivity index (χ1) is 9.59. The highest BCUT2D eigenvalue weighted by Gasteiger charge is 2.42. The number of carbonyl (C=O) groups is 1. The Balaban J connectivity index is 2.07. The fourth-order valence-corrected chi connectivity index (χ4v) is 2.76. The molecule has 1 saturated carbocycles. The van der Waals surface area contributed by atoms with Gasteiger partial charge in [0.25, 0.3) is 0 Å². The number of nitrogens with one attached hydrogen (secondary N) is 1. The number of benzene rings is 1. The molecule has 1 aliphatic rings. The summed E-state index contributed by atoms with van der Waals surface area (Å²) in [4.78, 5) is 11.5. The minimum atomic E-state index is -0.891. The number of aliphatic carboxylic acids is 1. The van der Waals surface area contributed by atoms with Crippen molar-refractivity contribution in [3.8, 4) is 5.75 Å². The van der Waals surface area contributed by atoms with Crippen molar-refractivity contribution in [1.82, 2.24) is 5.32 Å². The monoisotopic (exact) mass is 279 g/mol. The van der Waals surface area contributed by atoms with Gasteiger partial charge in [0.2, 0.25) is 0 Å². The minimum absolute atomic E-state index is 0.0303. The van der Waals surface area contributed by atoms with E-state index < -0.39 is 11.5 Å². The van der Waals surface area contributed by atoms with Crippen LogP contribution in [0.4, 0.5) is 0 Å². The molecule has 5 heteroatoms. The average Bonchev–Trinajstić information content (AvgIpc) is 2.47. The van der Waals surface area contributed by atoms with Crippen molar-refractivity contribution in [3.63, 3.8) is 0 Å². The highest BCUT2D eigenvalue weighted by Crippen LogP contribution is 2.31. The van der Waals surface area contributed by atoms with Crippen LogP contribution in [0.5, 0.6) is 5.75 Å². The summed E-state index contributed by atoms with van der Waals surface area (Å²) in [6.07, 6.45) is 2.61. The molecule has 110 valence electrons. The predicted octanol–water partition coefficient (Wildman–Crippen LogP) is 1.54. The van der Waals surface area contributed by atoms with Gasteiger partial charge in [0.1, 0.15) is 17.4 Å². The van der Waals surface area contributed by atoms with Crippen LogP contribution in [0.1, 0.15) is 31.2 Å². The molecular weight excluding hydrogens is 258 g/mol. The molecule has 1 fully saturated rings. The number of carboxylic acids is 1. The summed E-state index contributed by atoms with van der Waals surface area (Å²) in [5.74, 6) is -0.142. The van der Waals surface area contributed by atoms with E-state index in [2.05, 4.69) is 5.32 Å². The van der Waals surface area contributed by atoms with E-state index in [1.165, 1.54) is 0 Å². The molecule has 3 N–H and O–H groups in total. The van der Waals surface area contributed by atoms with Crippen LogP contribution in [0.15, 0.2) is 24.3 Å². The van der Waals surface area contributed by atoms with Crippen LogP contribution in [0, 0.1) is 0 Å². The summed E-state index contributed by atoms with van der Waals surface area (Å²) in [7, 11) is 1.68. The third kappa shape index (κ3) is 3.11. The summed E-state index contributed by atoms with van der Waals surface area (Å²) < 4.78 is 5.89. The number of likely N-dealkylation sites (N-methyl/N-ethyl adjacent to an activating group) is 1. The van der Waals surface area contributed by atoms with Crippen LogP contribution in [-0.2, 0) is 11.4 Å². The third-order valence-corrected chi connectivity index (χ3v) is 3.98. The van der Waals surface area contributed by atoms with Crippen molar-refractivity contribution in [2.24, 2.45) is 0 Å². The highest BCUT2D eigenvalue weighted by molar-refractivity contribution is 5.79. The Morgan fingerprint density at radius 1 is 1.55 bits per heavy atom. The molecule has 0 amide bonds. The zero-order valence-corrected chi connectivity index (χ0v) is 11.6. The maximum atomic E-state index is 11.5. The molecule has 1 aromatic rings. The molecule has 2 rings (SSSR count). The van der Waals surface area contributed by atoms with Gasteiger partial charge in [-0.2, -0.15) is 0 Å². The summed E-state index contributed by atoms with van der Waals surface area (Å²) in [6, 6.07) is 7.26. The Bertz CT molecular complexity index is 477. The molecule has 20 heavy (non-hydrogen) atoms. The van der Waals surface area contributed by atoms with Gasteiger partial charge in [-0.15, -0.1) is 0 Å². The average molecular weight is 279 g/mol. The zero-order chi connectivity index (χ0) is 14.6. The number of rotatable bonds is 5. The number of aliphatic hydroxyl groups excluding tert-OH is 1. The first-order valence-electron chi connectivity index (χ1n) is 6.88. The second kappa shape index (κ2) is 6.24. The van der Waals surface area contributed by atoms with Crippen LogP contribution in [0.3, 0.4) is 0 Å². The van der Waals surface area contributed by atoms with E-state index in [-0.39, 0.29) is 12.7 Å². The topological polar surface area (TPSA) is 78.8 Å². The van der Waals surface area contributed by atoms with Gasteiger partial charge in [0.15, 0.2) is 0 Å². The second-order valence-corrected chi connectivity index (χ2v) is 5.28. The quantitative estimate of drug-likeness (QED) is 0.762. The van der Waals surface area contributed by atoms with Crippen molar-refractivity contribution >= 4 is 5.97 Å². The van der Waals surface area contributed by atoms with E-state index in [4.69, 9.17) is 9.84 Å². The maximum absolute atomic E-state index is 11.5. The first-order valence-corrected chi connectivity index (χ1v) is 6.88. The fourth-order valence-electron chi connectivity index (χ4n) is 2.76. The lowest BCUT2D eigenvalue weighted by Gasteiger charge is -2.37. The lowest BCUT2D eigenvalue weighted by molar-refractivity contribution is -0.147. The molecule has 2 atom stereocenters. The molecule has 0 heterocycles. The molecule has 1 aliphatic carbocycles. The van der Waals surface area contributed by atoms with Crippen LogP contribution < -0.4 is 10.1 Å². The van der Waals surface area contributed by atoms with Gasteiger partial charge in [-0.05, 0) is 44.0 Å². The Morgan fingerprint density at radius 3 is 3.00 bits per heavy atom.